The molecule has 4 nitrogen and oxygen atoms in total. The monoisotopic (exact) mass is 374 g/mol. The van der Waals surface area contributed by atoms with Gasteiger partial charge in [0.1, 0.15) is 5.82 Å². The molecule has 1 aliphatic carbocycles. The molecule has 6 heteroatoms. The average Bonchev–Trinajstić information content (AvgIpc) is 2.91. The first kappa shape index (κ1) is 18.3. The average molecular weight is 374 g/mol. The van der Waals surface area contributed by atoms with Gasteiger partial charge in [0.15, 0.2) is 11.6 Å². The van der Waals surface area contributed by atoms with Gasteiger partial charge < -0.3 is 20.5 Å². The number of aliphatic hydroxyl groups excluding tert-OH is 1. The number of methoxy groups -OCH3 is 1. The molecule has 2 aromatic rings. The van der Waals surface area contributed by atoms with E-state index in [1.165, 1.54) is 19.2 Å². The molecule has 3 N–H and O–H groups in total. The lowest BCUT2D eigenvalue weighted by atomic mass is 9.72. The molecule has 2 aromatic carbocycles. The largest absolute Gasteiger partial charge is 0.494 e. The van der Waals surface area contributed by atoms with E-state index in [0.29, 0.717) is 0 Å². The smallest absolute Gasteiger partial charge is 0.172 e. The third kappa shape index (κ3) is 2.92. The van der Waals surface area contributed by atoms with Crippen LogP contribution in [0.5, 0.6) is 5.75 Å². The van der Waals surface area contributed by atoms with Gasteiger partial charge >= 0.3 is 0 Å². The summed E-state index contributed by atoms with van der Waals surface area (Å²) in [4.78, 5) is 0. The van der Waals surface area contributed by atoms with Gasteiger partial charge in [0.2, 0.25) is 0 Å². The zero-order valence-corrected chi connectivity index (χ0v) is 15.3. The molecule has 0 saturated carbocycles. The van der Waals surface area contributed by atoms with E-state index in [1.54, 1.807) is 0 Å². The van der Waals surface area contributed by atoms with Crippen molar-refractivity contribution in [1.82, 2.24) is 10.6 Å². The van der Waals surface area contributed by atoms with Crippen molar-refractivity contribution in [3.63, 3.8) is 0 Å². The van der Waals surface area contributed by atoms with E-state index >= 15 is 0 Å². The van der Waals surface area contributed by atoms with Gasteiger partial charge in [0.05, 0.1) is 19.3 Å². The number of nitrogens with one attached hydrogen (secondary N) is 2. The molecule has 2 aliphatic rings. The Bertz CT molecular complexity index is 837. The quantitative estimate of drug-likeness (QED) is 0.770. The van der Waals surface area contributed by atoms with Crippen LogP contribution >= 0.6 is 0 Å². The van der Waals surface area contributed by atoms with Crippen LogP contribution in [0.3, 0.4) is 0 Å². The van der Waals surface area contributed by atoms with Crippen LogP contribution < -0.4 is 15.4 Å². The third-order valence-corrected chi connectivity index (χ3v) is 6.08. The molecular weight excluding hydrogens is 350 g/mol. The molecule has 144 valence electrons. The number of fused-ring (bicyclic) bond motifs is 2. The first-order chi connectivity index (χ1) is 13.1. The number of aliphatic hydroxyl groups is 1. The number of rotatable bonds is 4. The molecule has 4 rings (SSSR count). The highest BCUT2D eigenvalue weighted by Crippen LogP contribution is 2.50. The number of hydrogen-bond acceptors (Lipinski definition) is 4. The van der Waals surface area contributed by atoms with E-state index in [-0.39, 0.29) is 29.3 Å². The van der Waals surface area contributed by atoms with Crippen molar-refractivity contribution in [2.75, 3.05) is 20.2 Å². The van der Waals surface area contributed by atoms with Crippen LogP contribution in [0.2, 0.25) is 0 Å². The maximum atomic E-state index is 14.5. The normalized spacial score (nSPS) is 23.4. The first-order valence-electron chi connectivity index (χ1n) is 9.31. The molecule has 1 aliphatic heterocycles. The maximum Gasteiger partial charge on any atom is 0.172 e. The van der Waals surface area contributed by atoms with Gasteiger partial charge in [0, 0.05) is 17.5 Å². The number of ether oxygens (including phenoxy) is 1. The van der Waals surface area contributed by atoms with E-state index in [0.717, 1.165) is 37.1 Å². The molecule has 0 aromatic heterocycles. The first-order valence-corrected chi connectivity index (χ1v) is 9.31. The Morgan fingerprint density at radius 2 is 1.93 bits per heavy atom. The van der Waals surface area contributed by atoms with Crippen molar-refractivity contribution < 1.29 is 18.6 Å². The van der Waals surface area contributed by atoms with Crippen molar-refractivity contribution in [3.8, 4) is 5.75 Å². The van der Waals surface area contributed by atoms with Crippen LogP contribution in [0.4, 0.5) is 8.78 Å². The maximum absolute atomic E-state index is 14.5. The van der Waals surface area contributed by atoms with Crippen molar-refractivity contribution in [3.05, 3.63) is 64.7 Å². The van der Waals surface area contributed by atoms with Crippen molar-refractivity contribution in [2.45, 2.75) is 36.9 Å². The summed E-state index contributed by atoms with van der Waals surface area (Å²) in [6, 6.07) is 10.1. The molecule has 1 heterocycles. The summed E-state index contributed by atoms with van der Waals surface area (Å²) in [6.07, 6.45) is 1.03. The van der Waals surface area contributed by atoms with E-state index in [1.807, 2.05) is 18.2 Å². The number of hydrogen-bond donors (Lipinski definition) is 3. The Hall–Kier alpha value is -2.02. The van der Waals surface area contributed by atoms with Crippen LogP contribution in [0.1, 0.15) is 35.6 Å². The van der Waals surface area contributed by atoms with Crippen LogP contribution in [-0.2, 0) is 12.0 Å². The van der Waals surface area contributed by atoms with Gasteiger partial charge in [-0.25, -0.2) is 8.78 Å². The van der Waals surface area contributed by atoms with E-state index in [2.05, 4.69) is 16.7 Å². The minimum absolute atomic E-state index is 0.00963. The summed E-state index contributed by atoms with van der Waals surface area (Å²) >= 11 is 0. The van der Waals surface area contributed by atoms with Crippen LogP contribution in [0.25, 0.3) is 0 Å². The number of benzene rings is 2. The predicted molar refractivity (Wildman–Crippen MR) is 98.7 cm³/mol. The van der Waals surface area contributed by atoms with Crippen molar-refractivity contribution in [2.24, 2.45) is 0 Å². The highest BCUT2D eigenvalue weighted by Gasteiger charge is 2.51. The topological polar surface area (TPSA) is 53.5 Å². The minimum Gasteiger partial charge on any atom is -0.494 e. The molecule has 0 unspecified atom stereocenters. The predicted octanol–water partition coefficient (Wildman–Crippen LogP) is 2.80. The van der Waals surface area contributed by atoms with E-state index in [4.69, 9.17) is 4.74 Å². The fraction of sp³-hybridized carbons (Fsp3) is 0.429. The van der Waals surface area contributed by atoms with Crippen molar-refractivity contribution >= 4 is 0 Å². The second-order valence-corrected chi connectivity index (χ2v) is 7.34. The van der Waals surface area contributed by atoms with Crippen LogP contribution in [-0.4, -0.2) is 31.4 Å². The van der Waals surface area contributed by atoms with Gasteiger partial charge in [-0.1, -0.05) is 24.3 Å². The summed E-state index contributed by atoms with van der Waals surface area (Å²) in [5.41, 5.74) is 1.76. The molecule has 2 atom stereocenters. The highest BCUT2D eigenvalue weighted by atomic mass is 19.1. The standard InChI is InChI=1S/C21H24F2N2O2/c1-27-17-7-6-16(22)14(18(17)23)12-25-19-13-4-2-3-5-15(13)21(20(19)26)8-10-24-11-9-21/h2-7,19-20,24-26H,8-12H2,1H3/t19-,20+/m1/s1. The Morgan fingerprint density at radius 1 is 1.19 bits per heavy atom. The number of halogens is 2. The van der Waals surface area contributed by atoms with Gasteiger partial charge in [-0.2, -0.15) is 0 Å². The van der Waals surface area contributed by atoms with E-state index < -0.39 is 17.7 Å². The van der Waals surface area contributed by atoms with Crippen LogP contribution in [0.15, 0.2) is 36.4 Å². The molecule has 27 heavy (non-hydrogen) atoms. The van der Waals surface area contributed by atoms with Crippen LogP contribution in [0, 0.1) is 11.6 Å². The molecule has 1 fully saturated rings. The summed E-state index contributed by atoms with van der Waals surface area (Å²) < 4.78 is 33.6. The Balaban J connectivity index is 1.64. The van der Waals surface area contributed by atoms with Crippen molar-refractivity contribution in [1.29, 1.82) is 0 Å². The zero-order valence-electron chi connectivity index (χ0n) is 15.3. The minimum atomic E-state index is -0.706. The lowest BCUT2D eigenvalue weighted by Gasteiger charge is -2.39. The molecule has 1 spiro atoms. The molecule has 0 amide bonds. The van der Waals surface area contributed by atoms with Gasteiger partial charge in [-0.15, -0.1) is 0 Å². The molecule has 1 saturated heterocycles. The SMILES string of the molecule is COc1ccc(F)c(CN[C@@H]2c3ccccc3C3(CCNCC3)[C@H]2O)c1F. The number of piperidine rings is 1. The summed E-state index contributed by atoms with van der Waals surface area (Å²) in [5, 5.41) is 17.7. The molecule has 0 bridgehead atoms. The lowest BCUT2D eigenvalue weighted by Crippen LogP contribution is -2.48. The second kappa shape index (κ2) is 7.19. The van der Waals surface area contributed by atoms with E-state index in [9.17, 15) is 13.9 Å². The summed E-state index contributed by atoms with van der Waals surface area (Å²) in [6.45, 7) is 1.66. The molecule has 0 radical (unpaired) electrons. The van der Waals surface area contributed by atoms with Gasteiger partial charge in [0.25, 0.3) is 0 Å². The summed E-state index contributed by atoms with van der Waals surface area (Å²) in [7, 11) is 1.35. The lowest BCUT2D eigenvalue weighted by molar-refractivity contribution is 0.0437. The van der Waals surface area contributed by atoms with Gasteiger partial charge in [-0.3, -0.25) is 0 Å². The Morgan fingerprint density at radius 3 is 2.67 bits per heavy atom. The zero-order chi connectivity index (χ0) is 19.0. The fourth-order valence-electron chi connectivity index (χ4n) is 4.64. The highest BCUT2D eigenvalue weighted by molar-refractivity contribution is 5.45. The van der Waals surface area contributed by atoms with Gasteiger partial charge in [-0.05, 0) is 49.2 Å². The third-order valence-electron chi connectivity index (χ3n) is 6.08. The second-order valence-electron chi connectivity index (χ2n) is 7.34. The Labute approximate surface area is 157 Å². The molecular formula is C21H24F2N2O2. The summed E-state index contributed by atoms with van der Waals surface area (Å²) in [5.74, 6) is -1.32. The fourth-order valence-corrected chi connectivity index (χ4v) is 4.64. The Kier molecular flexibility index (Phi) is 4.88.